The topological polar surface area (TPSA) is 49.4 Å². The van der Waals surface area contributed by atoms with E-state index in [0.29, 0.717) is 6.54 Å². The van der Waals surface area contributed by atoms with Crippen LogP contribution >= 0.6 is 0 Å². The van der Waals surface area contributed by atoms with E-state index < -0.39 is 12.7 Å². The second-order valence-corrected chi connectivity index (χ2v) is 5.17. The molecular weight excluding hydrogens is 211 g/mol. The molecule has 1 aliphatic rings. The lowest BCUT2D eigenvalue weighted by Gasteiger charge is -2.38. The van der Waals surface area contributed by atoms with Crippen LogP contribution in [0.5, 0.6) is 0 Å². The maximum atomic E-state index is 12.1. The van der Waals surface area contributed by atoms with Crippen molar-refractivity contribution in [3.8, 4) is 0 Å². The Bertz CT molecular complexity index is 286. The fourth-order valence-electron chi connectivity index (χ4n) is 1.73. The number of alkyl halides is 1. The van der Waals surface area contributed by atoms with Crippen molar-refractivity contribution in [3.63, 3.8) is 0 Å². The first kappa shape index (κ1) is 12.9. The zero-order valence-electron chi connectivity index (χ0n) is 10.0. The Labute approximate surface area is 95.2 Å². The van der Waals surface area contributed by atoms with E-state index in [1.54, 1.807) is 0 Å². The van der Waals surface area contributed by atoms with Crippen LogP contribution in [0.2, 0.25) is 0 Å². The molecule has 1 heterocycles. The molecule has 1 N–H and O–H groups in total. The largest absolute Gasteiger partial charge is 0.342 e. The summed E-state index contributed by atoms with van der Waals surface area (Å²) >= 11 is 0. The maximum absolute atomic E-state index is 12.1. The number of hydrogen-bond donors (Lipinski definition) is 1. The van der Waals surface area contributed by atoms with Crippen molar-refractivity contribution < 1.29 is 14.0 Å². The lowest BCUT2D eigenvalue weighted by atomic mass is 9.85. The van der Waals surface area contributed by atoms with E-state index >= 15 is 0 Å². The molecule has 1 saturated heterocycles. The van der Waals surface area contributed by atoms with Crippen molar-refractivity contribution >= 4 is 11.8 Å². The number of nitrogens with one attached hydrogen (secondary N) is 1. The molecule has 0 spiro atoms. The number of carbonyl (C=O) groups excluding carboxylic acids is 2. The van der Waals surface area contributed by atoms with E-state index in [1.807, 2.05) is 20.8 Å². The Morgan fingerprint density at radius 2 is 2.06 bits per heavy atom. The number of carbonyl (C=O) groups is 2. The molecule has 0 aliphatic carbocycles. The number of rotatable bonds is 3. The Hall–Kier alpha value is -1.13. The summed E-state index contributed by atoms with van der Waals surface area (Å²) in [5.74, 6) is -0.279. The van der Waals surface area contributed by atoms with Gasteiger partial charge in [0, 0.05) is 6.54 Å². The Morgan fingerprint density at radius 1 is 1.44 bits per heavy atom. The summed E-state index contributed by atoms with van der Waals surface area (Å²) in [6, 6.07) is -0.506. The normalized spacial score (nSPS) is 22.2. The summed E-state index contributed by atoms with van der Waals surface area (Å²) < 4.78 is 12.1. The van der Waals surface area contributed by atoms with Crippen LogP contribution in [-0.2, 0) is 9.59 Å². The second kappa shape index (κ2) is 4.80. The van der Waals surface area contributed by atoms with Crippen LogP contribution in [-0.4, -0.2) is 42.5 Å². The van der Waals surface area contributed by atoms with Crippen molar-refractivity contribution in [2.45, 2.75) is 33.2 Å². The molecule has 1 unspecified atom stereocenters. The van der Waals surface area contributed by atoms with Gasteiger partial charge in [0.05, 0.1) is 13.2 Å². The fourth-order valence-corrected chi connectivity index (χ4v) is 1.73. The van der Waals surface area contributed by atoms with Gasteiger partial charge in [-0.15, -0.1) is 0 Å². The maximum Gasteiger partial charge on any atom is 0.246 e. The van der Waals surface area contributed by atoms with E-state index in [0.717, 1.165) is 0 Å². The summed E-state index contributed by atoms with van der Waals surface area (Å²) in [5, 5.41) is 2.69. The van der Waals surface area contributed by atoms with E-state index in [1.165, 1.54) is 4.90 Å². The van der Waals surface area contributed by atoms with Gasteiger partial charge in [0.1, 0.15) is 6.04 Å². The lowest BCUT2D eigenvalue weighted by molar-refractivity contribution is -0.147. The first-order chi connectivity index (χ1) is 7.36. The minimum Gasteiger partial charge on any atom is -0.342 e. The first-order valence-corrected chi connectivity index (χ1v) is 5.50. The quantitative estimate of drug-likeness (QED) is 0.776. The van der Waals surface area contributed by atoms with E-state index in [4.69, 9.17) is 0 Å². The molecule has 5 heteroatoms. The van der Waals surface area contributed by atoms with Gasteiger partial charge in [-0.25, -0.2) is 0 Å². The summed E-state index contributed by atoms with van der Waals surface area (Å²) in [6.45, 7) is 5.59. The smallest absolute Gasteiger partial charge is 0.246 e. The Balaban J connectivity index is 2.74. The van der Waals surface area contributed by atoms with Crippen molar-refractivity contribution in [1.29, 1.82) is 0 Å². The third-order valence-corrected chi connectivity index (χ3v) is 2.63. The van der Waals surface area contributed by atoms with Gasteiger partial charge < -0.3 is 10.2 Å². The average molecular weight is 230 g/mol. The monoisotopic (exact) mass is 230 g/mol. The van der Waals surface area contributed by atoms with Gasteiger partial charge in [-0.3, -0.25) is 14.0 Å². The predicted octanol–water partition coefficient (Wildman–Crippen LogP) is 0.719. The van der Waals surface area contributed by atoms with Gasteiger partial charge in [-0.2, -0.15) is 0 Å². The summed E-state index contributed by atoms with van der Waals surface area (Å²) in [7, 11) is 0. The third kappa shape index (κ3) is 2.93. The average Bonchev–Trinajstić information content (AvgIpc) is 2.17. The molecule has 2 amide bonds. The third-order valence-electron chi connectivity index (χ3n) is 2.63. The van der Waals surface area contributed by atoms with Crippen LogP contribution < -0.4 is 5.32 Å². The highest BCUT2D eigenvalue weighted by atomic mass is 19.1. The van der Waals surface area contributed by atoms with E-state index in [-0.39, 0.29) is 30.2 Å². The van der Waals surface area contributed by atoms with Crippen molar-refractivity contribution in [1.82, 2.24) is 10.2 Å². The molecule has 1 rings (SSSR count). The molecular formula is C11H19FN2O2. The molecule has 92 valence electrons. The molecule has 0 saturated carbocycles. The fraction of sp³-hybridized carbons (Fsp3) is 0.818. The van der Waals surface area contributed by atoms with Gasteiger partial charge in [0.25, 0.3) is 0 Å². The van der Waals surface area contributed by atoms with Gasteiger partial charge in [0.15, 0.2) is 0 Å². The van der Waals surface area contributed by atoms with Gasteiger partial charge in [0.2, 0.25) is 11.8 Å². The van der Waals surface area contributed by atoms with Gasteiger partial charge in [-0.1, -0.05) is 20.8 Å². The molecule has 1 atom stereocenters. The number of amides is 2. The number of piperazine rings is 1. The Morgan fingerprint density at radius 3 is 2.56 bits per heavy atom. The summed E-state index contributed by atoms with van der Waals surface area (Å²) in [4.78, 5) is 24.9. The molecule has 0 radical (unpaired) electrons. The standard InChI is InChI=1S/C11H19FN2O2/c1-11(2,3)9-10(16)14(6-4-5-12)7-8(15)13-9/h9H,4-7H2,1-3H3,(H,13,15). The molecule has 16 heavy (non-hydrogen) atoms. The molecule has 0 aromatic rings. The summed E-state index contributed by atoms with van der Waals surface area (Å²) in [5.41, 5.74) is -0.318. The minimum absolute atomic E-state index is 0.0470. The van der Waals surface area contributed by atoms with E-state index in [2.05, 4.69) is 5.32 Å². The molecule has 1 aliphatic heterocycles. The van der Waals surface area contributed by atoms with Crippen molar-refractivity contribution in [2.24, 2.45) is 5.41 Å². The van der Waals surface area contributed by atoms with Crippen LogP contribution in [0.4, 0.5) is 4.39 Å². The van der Waals surface area contributed by atoms with Crippen molar-refractivity contribution in [2.75, 3.05) is 19.8 Å². The lowest BCUT2D eigenvalue weighted by Crippen LogP contribution is -2.62. The number of nitrogens with zero attached hydrogens (tertiary/aromatic N) is 1. The van der Waals surface area contributed by atoms with Gasteiger partial charge >= 0.3 is 0 Å². The number of halogens is 1. The van der Waals surface area contributed by atoms with Crippen LogP contribution in [0.25, 0.3) is 0 Å². The second-order valence-electron chi connectivity index (χ2n) is 5.17. The van der Waals surface area contributed by atoms with Crippen LogP contribution in [0.3, 0.4) is 0 Å². The molecule has 0 aromatic heterocycles. The summed E-state index contributed by atoms with van der Waals surface area (Å²) in [6.07, 6.45) is 0.288. The Kier molecular flexibility index (Phi) is 3.88. The SMILES string of the molecule is CC(C)(C)C1NC(=O)CN(CCCF)C1=O. The highest BCUT2D eigenvalue weighted by molar-refractivity contribution is 5.95. The molecule has 0 aromatic carbocycles. The zero-order chi connectivity index (χ0) is 12.3. The van der Waals surface area contributed by atoms with Crippen LogP contribution in [0.15, 0.2) is 0 Å². The van der Waals surface area contributed by atoms with Gasteiger partial charge in [-0.05, 0) is 11.8 Å². The highest BCUT2D eigenvalue weighted by Crippen LogP contribution is 2.23. The van der Waals surface area contributed by atoms with Crippen molar-refractivity contribution in [3.05, 3.63) is 0 Å². The minimum atomic E-state index is -0.506. The predicted molar refractivity (Wildman–Crippen MR) is 58.6 cm³/mol. The zero-order valence-corrected chi connectivity index (χ0v) is 10.0. The number of hydrogen-bond acceptors (Lipinski definition) is 2. The highest BCUT2D eigenvalue weighted by Gasteiger charge is 2.39. The van der Waals surface area contributed by atoms with Crippen LogP contribution in [0, 0.1) is 5.41 Å². The van der Waals surface area contributed by atoms with Crippen LogP contribution in [0.1, 0.15) is 27.2 Å². The first-order valence-electron chi connectivity index (χ1n) is 5.50. The molecule has 0 bridgehead atoms. The van der Waals surface area contributed by atoms with E-state index in [9.17, 15) is 14.0 Å². The molecule has 1 fully saturated rings. The molecule has 4 nitrogen and oxygen atoms in total.